The predicted molar refractivity (Wildman–Crippen MR) is 120 cm³/mol. The van der Waals surface area contributed by atoms with Crippen molar-refractivity contribution in [2.24, 2.45) is 0 Å². The van der Waals surface area contributed by atoms with Gasteiger partial charge in [0.1, 0.15) is 0 Å². The Kier molecular flexibility index (Phi) is 8.36. The number of methoxy groups -OCH3 is 1. The average molecular weight is 448 g/mol. The number of hydrogen-bond donors (Lipinski definition) is 1. The van der Waals surface area contributed by atoms with Crippen LogP contribution in [-0.4, -0.2) is 45.7 Å². The van der Waals surface area contributed by atoms with Crippen molar-refractivity contribution in [3.05, 3.63) is 53.1 Å². The highest BCUT2D eigenvalue weighted by molar-refractivity contribution is 7.99. The molecule has 0 saturated carbocycles. The summed E-state index contributed by atoms with van der Waals surface area (Å²) in [4.78, 5) is 0. The minimum atomic E-state index is 0.0549. The van der Waals surface area contributed by atoms with Crippen LogP contribution in [0.4, 0.5) is 0 Å². The lowest BCUT2D eigenvalue weighted by Crippen LogP contribution is -2.16. The van der Waals surface area contributed by atoms with Gasteiger partial charge in [0, 0.05) is 23.4 Å². The van der Waals surface area contributed by atoms with Crippen LogP contribution in [0, 0.1) is 0 Å². The summed E-state index contributed by atoms with van der Waals surface area (Å²) >= 11 is 8.06. The van der Waals surface area contributed by atoms with Gasteiger partial charge < -0.3 is 14.8 Å². The van der Waals surface area contributed by atoms with Gasteiger partial charge in [-0.05, 0) is 61.0 Å². The Bertz CT molecular complexity index is 936. The van der Waals surface area contributed by atoms with Crippen molar-refractivity contribution in [1.82, 2.24) is 25.5 Å². The van der Waals surface area contributed by atoms with E-state index in [1.165, 1.54) is 0 Å². The number of rotatable bonds is 11. The molecule has 2 aromatic carbocycles. The van der Waals surface area contributed by atoms with Crippen LogP contribution in [0.3, 0.4) is 0 Å². The molecule has 30 heavy (non-hydrogen) atoms. The van der Waals surface area contributed by atoms with E-state index in [9.17, 15) is 0 Å². The molecule has 0 radical (unpaired) electrons. The number of tetrazole rings is 1. The van der Waals surface area contributed by atoms with E-state index in [-0.39, 0.29) is 6.10 Å². The van der Waals surface area contributed by atoms with E-state index >= 15 is 0 Å². The van der Waals surface area contributed by atoms with Gasteiger partial charge in [-0.1, -0.05) is 41.6 Å². The van der Waals surface area contributed by atoms with Gasteiger partial charge in [-0.3, -0.25) is 0 Å². The van der Waals surface area contributed by atoms with Crippen LogP contribution in [-0.2, 0) is 6.54 Å². The molecule has 0 spiro atoms. The van der Waals surface area contributed by atoms with Gasteiger partial charge in [-0.15, -0.1) is 5.10 Å². The number of para-hydroxylation sites is 1. The molecule has 9 heteroatoms. The van der Waals surface area contributed by atoms with Gasteiger partial charge >= 0.3 is 0 Å². The number of nitrogens with zero attached hydrogens (tertiary/aromatic N) is 4. The number of halogens is 1. The Hall–Kier alpha value is -2.29. The first-order valence-corrected chi connectivity index (χ1v) is 11.1. The van der Waals surface area contributed by atoms with E-state index in [0.717, 1.165) is 35.1 Å². The van der Waals surface area contributed by atoms with Crippen LogP contribution in [0.15, 0.2) is 47.6 Å². The first-order chi connectivity index (χ1) is 14.6. The standard InChI is InChI=1S/C21H26ClN5O2S/c1-15(2)29-20-13-18(22)16(12-19(20)28-3)14-23-10-7-11-30-21-24-25-26-27(21)17-8-5-4-6-9-17/h4-6,8-9,12-13,15,23H,7,10-11,14H2,1-3H3. The molecule has 0 amide bonds. The summed E-state index contributed by atoms with van der Waals surface area (Å²) in [7, 11) is 1.63. The highest BCUT2D eigenvalue weighted by Crippen LogP contribution is 2.34. The van der Waals surface area contributed by atoms with E-state index in [1.54, 1.807) is 23.6 Å². The fourth-order valence-electron chi connectivity index (χ4n) is 2.80. The molecule has 0 aliphatic rings. The monoisotopic (exact) mass is 447 g/mol. The number of hydrogen-bond acceptors (Lipinski definition) is 7. The minimum absolute atomic E-state index is 0.0549. The van der Waals surface area contributed by atoms with Crippen molar-refractivity contribution in [2.75, 3.05) is 19.4 Å². The van der Waals surface area contributed by atoms with Crippen molar-refractivity contribution in [2.45, 2.75) is 38.1 Å². The van der Waals surface area contributed by atoms with Crippen molar-refractivity contribution in [3.63, 3.8) is 0 Å². The van der Waals surface area contributed by atoms with Crippen LogP contribution in [0.1, 0.15) is 25.8 Å². The van der Waals surface area contributed by atoms with Crippen LogP contribution in [0.2, 0.25) is 5.02 Å². The molecule has 3 rings (SSSR count). The van der Waals surface area contributed by atoms with Crippen molar-refractivity contribution in [3.8, 4) is 17.2 Å². The van der Waals surface area contributed by atoms with Gasteiger partial charge in [0.25, 0.3) is 0 Å². The zero-order chi connectivity index (χ0) is 21.3. The normalized spacial score (nSPS) is 11.1. The highest BCUT2D eigenvalue weighted by atomic mass is 35.5. The molecule has 1 heterocycles. The molecule has 0 aliphatic heterocycles. The van der Waals surface area contributed by atoms with Crippen LogP contribution in [0.25, 0.3) is 5.69 Å². The zero-order valence-electron chi connectivity index (χ0n) is 17.3. The Balaban J connectivity index is 1.46. The Morgan fingerprint density at radius 2 is 1.97 bits per heavy atom. The second-order valence-electron chi connectivity index (χ2n) is 6.85. The van der Waals surface area contributed by atoms with Gasteiger partial charge in [-0.2, -0.15) is 4.68 Å². The number of thioether (sulfide) groups is 1. The molecular formula is C21H26ClN5O2S. The van der Waals surface area contributed by atoms with E-state index in [0.29, 0.717) is 23.1 Å². The quantitative estimate of drug-likeness (QED) is 0.345. The lowest BCUT2D eigenvalue weighted by atomic mass is 10.2. The smallest absolute Gasteiger partial charge is 0.214 e. The summed E-state index contributed by atoms with van der Waals surface area (Å²) < 4.78 is 13.0. The summed E-state index contributed by atoms with van der Waals surface area (Å²) in [6, 6.07) is 13.6. The van der Waals surface area contributed by atoms with E-state index in [4.69, 9.17) is 21.1 Å². The fraction of sp³-hybridized carbons (Fsp3) is 0.381. The first kappa shape index (κ1) is 22.4. The lowest BCUT2D eigenvalue weighted by Gasteiger charge is -2.16. The van der Waals surface area contributed by atoms with Gasteiger partial charge in [0.05, 0.1) is 18.9 Å². The second-order valence-corrected chi connectivity index (χ2v) is 8.32. The van der Waals surface area contributed by atoms with Crippen LogP contribution >= 0.6 is 23.4 Å². The first-order valence-electron chi connectivity index (χ1n) is 9.79. The van der Waals surface area contributed by atoms with Crippen LogP contribution in [0.5, 0.6) is 11.5 Å². The summed E-state index contributed by atoms with van der Waals surface area (Å²) in [6.45, 7) is 5.45. The van der Waals surface area contributed by atoms with E-state index in [1.807, 2.05) is 56.3 Å². The summed E-state index contributed by atoms with van der Waals surface area (Å²) in [6.07, 6.45) is 1.02. The van der Waals surface area contributed by atoms with Crippen molar-refractivity contribution in [1.29, 1.82) is 0 Å². The molecule has 0 atom stereocenters. The maximum absolute atomic E-state index is 6.42. The van der Waals surface area contributed by atoms with Crippen molar-refractivity contribution < 1.29 is 9.47 Å². The molecule has 0 saturated heterocycles. The van der Waals surface area contributed by atoms with Gasteiger partial charge in [0.2, 0.25) is 5.16 Å². The highest BCUT2D eigenvalue weighted by Gasteiger charge is 2.12. The lowest BCUT2D eigenvalue weighted by molar-refractivity contribution is 0.230. The Labute approximate surface area is 186 Å². The third kappa shape index (κ3) is 6.10. The fourth-order valence-corrected chi connectivity index (χ4v) is 3.85. The predicted octanol–water partition coefficient (Wildman–Crippen LogP) is 4.38. The van der Waals surface area contributed by atoms with Crippen LogP contribution < -0.4 is 14.8 Å². The maximum atomic E-state index is 6.42. The zero-order valence-corrected chi connectivity index (χ0v) is 18.9. The third-order valence-corrected chi connectivity index (χ3v) is 5.54. The molecule has 3 aromatic rings. The van der Waals surface area contributed by atoms with Crippen molar-refractivity contribution >= 4 is 23.4 Å². The molecule has 160 valence electrons. The topological polar surface area (TPSA) is 74.1 Å². The molecule has 1 aromatic heterocycles. The number of aromatic nitrogens is 4. The number of ether oxygens (including phenoxy) is 2. The van der Waals surface area contributed by atoms with E-state index in [2.05, 4.69) is 20.8 Å². The Morgan fingerprint density at radius 1 is 1.17 bits per heavy atom. The molecular weight excluding hydrogens is 422 g/mol. The number of nitrogens with one attached hydrogen (secondary N) is 1. The van der Waals surface area contributed by atoms with Gasteiger partial charge in [-0.25, -0.2) is 0 Å². The minimum Gasteiger partial charge on any atom is -0.493 e. The van der Waals surface area contributed by atoms with E-state index < -0.39 is 0 Å². The summed E-state index contributed by atoms with van der Waals surface area (Å²) in [5.74, 6) is 2.25. The Morgan fingerprint density at radius 3 is 2.70 bits per heavy atom. The third-order valence-electron chi connectivity index (χ3n) is 4.18. The molecule has 0 aliphatic carbocycles. The summed E-state index contributed by atoms with van der Waals surface area (Å²) in [5, 5.41) is 16.9. The van der Waals surface area contributed by atoms with Gasteiger partial charge in [0.15, 0.2) is 11.5 Å². The SMILES string of the molecule is COc1cc(CNCCCSc2nnnn2-c2ccccc2)c(Cl)cc1OC(C)C. The molecule has 0 unspecified atom stereocenters. The summed E-state index contributed by atoms with van der Waals surface area (Å²) in [5.41, 5.74) is 1.93. The number of benzene rings is 2. The average Bonchev–Trinajstić information content (AvgIpc) is 3.20. The molecule has 0 bridgehead atoms. The second kappa shape index (κ2) is 11.2. The molecule has 1 N–H and O–H groups in total. The maximum Gasteiger partial charge on any atom is 0.214 e. The molecule has 0 fully saturated rings. The largest absolute Gasteiger partial charge is 0.493 e. The molecule has 7 nitrogen and oxygen atoms in total.